The van der Waals surface area contributed by atoms with Gasteiger partial charge in [-0.15, -0.1) is 11.3 Å². The van der Waals surface area contributed by atoms with Gasteiger partial charge in [0.2, 0.25) is 0 Å². The van der Waals surface area contributed by atoms with Gasteiger partial charge in [0.05, 0.1) is 12.2 Å². The second-order valence-corrected chi connectivity index (χ2v) is 8.14. The van der Waals surface area contributed by atoms with E-state index in [1.54, 1.807) is 11.3 Å². The molecule has 0 atom stereocenters. The molecular weight excluding hydrogens is 314 g/mol. The summed E-state index contributed by atoms with van der Waals surface area (Å²) < 4.78 is 0. The number of nitrogens with zero attached hydrogens (tertiary/aromatic N) is 2. The number of benzene rings is 1. The summed E-state index contributed by atoms with van der Waals surface area (Å²) in [4.78, 5) is 7.45. The van der Waals surface area contributed by atoms with Gasteiger partial charge in [-0.05, 0) is 63.7 Å². The van der Waals surface area contributed by atoms with Gasteiger partial charge in [-0.25, -0.2) is 4.98 Å². The van der Waals surface area contributed by atoms with Gasteiger partial charge in [-0.3, -0.25) is 4.90 Å². The Morgan fingerprint density at radius 1 is 1.00 bits per heavy atom. The van der Waals surface area contributed by atoms with Crippen LogP contribution in [0.2, 0.25) is 0 Å². The molecule has 2 saturated heterocycles. The minimum Gasteiger partial charge on any atom is -0.317 e. The molecule has 3 heterocycles. The monoisotopic (exact) mass is 341 g/mol. The van der Waals surface area contributed by atoms with Gasteiger partial charge >= 0.3 is 0 Å². The number of piperidine rings is 2. The van der Waals surface area contributed by atoms with E-state index >= 15 is 0 Å². The molecule has 2 aromatic rings. The molecule has 4 rings (SSSR count). The van der Waals surface area contributed by atoms with Crippen molar-refractivity contribution in [3.05, 3.63) is 40.7 Å². The number of hydrogen-bond acceptors (Lipinski definition) is 4. The van der Waals surface area contributed by atoms with E-state index in [1.807, 2.05) is 0 Å². The lowest BCUT2D eigenvalue weighted by molar-refractivity contribution is 0.126. The normalized spacial score (nSPS) is 21.2. The predicted molar refractivity (Wildman–Crippen MR) is 101 cm³/mol. The third kappa shape index (κ3) is 3.88. The molecule has 1 aromatic heterocycles. The van der Waals surface area contributed by atoms with E-state index in [0.717, 1.165) is 24.1 Å². The number of likely N-dealkylation sites (tertiary alicyclic amines) is 1. The lowest BCUT2D eigenvalue weighted by atomic mass is 9.79. The van der Waals surface area contributed by atoms with Gasteiger partial charge in [0.25, 0.3) is 0 Å². The first-order valence-electron chi connectivity index (χ1n) is 9.31. The molecule has 1 aromatic carbocycles. The highest BCUT2D eigenvalue weighted by atomic mass is 32.1. The minimum absolute atomic E-state index is 0.958. The first kappa shape index (κ1) is 16.2. The zero-order valence-corrected chi connectivity index (χ0v) is 15.1. The zero-order chi connectivity index (χ0) is 16.2. The standard InChI is InChI=1S/C20H27N3S/c1-2-4-18(5-3-1)19-15-24-20(22-19)14-23-12-8-17(9-13-23)16-6-10-21-11-7-16/h1-5,15-17,21H,6-14H2. The summed E-state index contributed by atoms with van der Waals surface area (Å²) in [7, 11) is 0. The molecular formula is C20H27N3S. The molecule has 0 saturated carbocycles. The van der Waals surface area contributed by atoms with E-state index in [1.165, 1.54) is 62.4 Å². The van der Waals surface area contributed by atoms with Gasteiger partial charge in [0.1, 0.15) is 5.01 Å². The largest absolute Gasteiger partial charge is 0.317 e. The Balaban J connectivity index is 1.30. The Labute approximate surface area is 149 Å². The third-order valence-electron chi connectivity index (χ3n) is 5.66. The Bertz CT molecular complexity index is 625. The molecule has 24 heavy (non-hydrogen) atoms. The summed E-state index contributed by atoms with van der Waals surface area (Å²) in [6.07, 6.45) is 5.53. The van der Waals surface area contributed by atoms with Gasteiger partial charge in [-0.1, -0.05) is 30.3 Å². The highest BCUT2D eigenvalue weighted by Crippen LogP contribution is 2.31. The summed E-state index contributed by atoms with van der Waals surface area (Å²) >= 11 is 1.81. The van der Waals surface area contributed by atoms with Crippen LogP contribution in [0.3, 0.4) is 0 Å². The van der Waals surface area contributed by atoms with Crippen LogP contribution in [0.5, 0.6) is 0 Å². The van der Waals surface area contributed by atoms with E-state index in [-0.39, 0.29) is 0 Å². The first-order chi connectivity index (χ1) is 11.9. The molecule has 128 valence electrons. The second kappa shape index (κ2) is 7.77. The summed E-state index contributed by atoms with van der Waals surface area (Å²) in [6.45, 7) is 5.97. The fraction of sp³-hybridized carbons (Fsp3) is 0.550. The molecule has 3 nitrogen and oxygen atoms in total. The number of aromatic nitrogens is 1. The molecule has 4 heteroatoms. The van der Waals surface area contributed by atoms with Gasteiger partial charge in [0, 0.05) is 10.9 Å². The average Bonchev–Trinajstić information content (AvgIpc) is 3.12. The van der Waals surface area contributed by atoms with Crippen LogP contribution in [0.25, 0.3) is 11.3 Å². The molecule has 1 N–H and O–H groups in total. The quantitative estimate of drug-likeness (QED) is 0.910. The van der Waals surface area contributed by atoms with Crippen molar-refractivity contribution in [2.45, 2.75) is 32.2 Å². The second-order valence-electron chi connectivity index (χ2n) is 7.19. The lowest BCUT2D eigenvalue weighted by Gasteiger charge is -2.37. The van der Waals surface area contributed by atoms with Crippen LogP contribution in [-0.2, 0) is 6.54 Å². The van der Waals surface area contributed by atoms with E-state index in [2.05, 4.69) is 45.9 Å². The van der Waals surface area contributed by atoms with Crippen molar-refractivity contribution in [3.63, 3.8) is 0 Å². The van der Waals surface area contributed by atoms with Gasteiger partial charge < -0.3 is 5.32 Å². The van der Waals surface area contributed by atoms with Crippen molar-refractivity contribution in [2.75, 3.05) is 26.2 Å². The van der Waals surface area contributed by atoms with Crippen molar-refractivity contribution in [1.82, 2.24) is 15.2 Å². The van der Waals surface area contributed by atoms with Crippen LogP contribution < -0.4 is 5.32 Å². The van der Waals surface area contributed by atoms with E-state index in [9.17, 15) is 0 Å². The summed E-state index contributed by atoms with van der Waals surface area (Å²) in [5, 5.41) is 6.95. The van der Waals surface area contributed by atoms with Crippen molar-refractivity contribution < 1.29 is 0 Å². The van der Waals surface area contributed by atoms with Crippen LogP contribution in [0.15, 0.2) is 35.7 Å². The number of nitrogens with one attached hydrogen (secondary N) is 1. The molecule has 0 bridgehead atoms. The van der Waals surface area contributed by atoms with E-state index in [4.69, 9.17) is 4.98 Å². The first-order valence-corrected chi connectivity index (χ1v) is 10.2. The third-order valence-corrected chi connectivity index (χ3v) is 6.50. The minimum atomic E-state index is 0.958. The fourth-order valence-electron chi connectivity index (χ4n) is 4.21. The maximum absolute atomic E-state index is 4.85. The number of hydrogen-bond donors (Lipinski definition) is 1. The SMILES string of the molecule is c1ccc(-c2csc(CN3CCC(C4CCNCC4)CC3)n2)cc1. The molecule has 0 amide bonds. The highest BCUT2D eigenvalue weighted by molar-refractivity contribution is 7.09. The van der Waals surface area contributed by atoms with Crippen LogP contribution in [0, 0.1) is 11.8 Å². The molecule has 0 radical (unpaired) electrons. The molecule has 0 unspecified atom stereocenters. The smallest absolute Gasteiger partial charge is 0.107 e. The maximum Gasteiger partial charge on any atom is 0.107 e. The molecule has 0 aliphatic carbocycles. The Kier molecular flexibility index (Phi) is 5.26. The van der Waals surface area contributed by atoms with E-state index < -0.39 is 0 Å². The maximum atomic E-state index is 4.85. The highest BCUT2D eigenvalue weighted by Gasteiger charge is 2.27. The zero-order valence-electron chi connectivity index (χ0n) is 14.3. The van der Waals surface area contributed by atoms with Crippen molar-refractivity contribution in [2.24, 2.45) is 11.8 Å². The van der Waals surface area contributed by atoms with E-state index in [0.29, 0.717) is 0 Å². The van der Waals surface area contributed by atoms with Gasteiger partial charge in [0.15, 0.2) is 0 Å². The molecule has 2 aliphatic heterocycles. The molecule has 0 spiro atoms. The predicted octanol–water partition coefficient (Wildman–Crippen LogP) is 4.02. The van der Waals surface area contributed by atoms with Crippen LogP contribution >= 0.6 is 11.3 Å². The summed E-state index contributed by atoms with van der Waals surface area (Å²) in [5.74, 6) is 1.93. The number of rotatable bonds is 4. The van der Waals surface area contributed by atoms with Crippen molar-refractivity contribution >= 4 is 11.3 Å². The van der Waals surface area contributed by atoms with Crippen molar-refractivity contribution in [3.8, 4) is 11.3 Å². The van der Waals surface area contributed by atoms with Crippen LogP contribution in [0.4, 0.5) is 0 Å². The summed E-state index contributed by atoms with van der Waals surface area (Å²) in [5.41, 5.74) is 2.35. The Hall–Kier alpha value is -1.23. The molecule has 2 aliphatic rings. The fourth-order valence-corrected chi connectivity index (χ4v) is 5.06. The van der Waals surface area contributed by atoms with Crippen LogP contribution in [-0.4, -0.2) is 36.1 Å². The Morgan fingerprint density at radius 3 is 2.46 bits per heavy atom. The topological polar surface area (TPSA) is 28.2 Å². The van der Waals surface area contributed by atoms with Crippen molar-refractivity contribution in [1.29, 1.82) is 0 Å². The summed E-state index contributed by atoms with van der Waals surface area (Å²) in [6, 6.07) is 10.5. The molecule has 2 fully saturated rings. The number of thiazole rings is 1. The van der Waals surface area contributed by atoms with Crippen LogP contribution in [0.1, 0.15) is 30.7 Å². The average molecular weight is 342 g/mol. The lowest BCUT2D eigenvalue weighted by Crippen LogP contribution is -2.39. The Morgan fingerprint density at radius 2 is 1.71 bits per heavy atom. The van der Waals surface area contributed by atoms with Gasteiger partial charge in [-0.2, -0.15) is 0 Å².